The Morgan fingerprint density at radius 1 is 1.52 bits per heavy atom. The van der Waals surface area contributed by atoms with Crippen LogP contribution in [0.5, 0.6) is 0 Å². The maximum atomic E-state index is 12.9. The molecule has 0 saturated heterocycles. The number of anilines is 1. The molecule has 1 aromatic heterocycles. The van der Waals surface area contributed by atoms with E-state index in [2.05, 4.69) is 4.98 Å². The molecule has 0 aliphatic heterocycles. The van der Waals surface area contributed by atoms with Crippen molar-refractivity contribution in [1.29, 1.82) is 0 Å². The van der Waals surface area contributed by atoms with E-state index in [1.165, 1.54) is 19.1 Å². The van der Waals surface area contributed by atoms with Crippen molar-refractivity contribution < 1.29 is 15.1 Å². The Morgan fingerprint density at radius 2 is 2.29 bits per heavy atom. The molecule has 1 aliphatic rings. The molecule has 1 saturated carbocycles. The van der Waals surface area contributed by atoms with E-state index in [-0.39, 0.29) is 28.5 Å². The van der Waals surface area contributed by atoms with Gasteiger partial charge in [0.15, 0.2) is 5.78 Å². The van der Waals surface area contributed by atoms with Crippen molar-refractivity contribution >= 4 is 28.2 Å². The highest BCUT2D eigenvalue weighted by Crippen LogP contribution is 2.24. The predicted molar refractivity (Wildman–Crippen MR) is 78.1 cm³/mol. The fraction of sp³-hybridized carbons (Fsp3) is 0.333. The van der Waals surface area contributed by atoms with Crippen molar-refractivity contribution in [3.8, 4) is 0 Å². The van der Waals surface area contributed by atoms with Crippen LogP contribution in [0.2, 0.25) is 0 Å². The summed E-state index contributed by atoms with van der Waals surface area (Å²) >= 11 is 0. The van der Waals surface area contributed by atoms with E-state index in [1.807, 2.05) is 0 Å². The molecule has 108 valence electrons. The van der Waals surface area contributed by atoms with Gasteiger partial charge in [-0.15, -0.1) is 0 Å². The summed E-state index contributed by atoms with van der Waals surface area (Å²) in [6.07, 6.45) is -3.96. The molecule has 0 spiro atoms. The molecule has 1 atom stereocenters. The average Bonchev–Trinajstić information content (AvgIpc) is 2.48. The zero-order chi connectivity index (χ0) is 18.7. The smallest absolute Gasteiger partial charge is 0.264 e. The van der Waals surface area contributed by atoms with Gasteiger partial charge in [0.2, 0.25) is 0 Å². The van der Waals surface area contributed by atoms with Gasteiger partial charge in [0.1, 0.15) is 11.6 Å². The second-order valence-corrected chi connectivity index (χ2v) is 4.78. The van der Waals surface area contributed by atoms with Crippen LogP contribution in [0.25, 0.3) is 10.9 Å². The lowest BCUT2D eigenvalue weighted by Crippen LogP contribution is -2.36. The van der Waals surface area contributed by atoms with E-state index in [0.29, 0.717) is 0 Å². The third-order valence-corrected chi connectivity index (χ3v) is 3.39. The van der Waals surface area contributed by atoms with Gasteiger partial charge in [0.25, 0.3) is 5.56 Å². The molecule has 1 heterocycles. The SMILES string of the molecule is [2H]c1ccc(N)c2c(=O)n(C3([2H])CC([2H])([2H])C(=O)CC3=O)c(C)nc12. The van der Waals surface area contributed by atoms with Crippen LogP contribution in [0.4, 0.5) is 5.69 Å². The van der Waals surface area contributed by atoms with Crippen LogP contribution < -0.4 is 11.3 Å². The molecular formula is C15H15N3O3. The van der Waals surface area contributed by atoms with Crippen LogP contribution in [0.3, 0.4) is 0 Å². The molecule has 2 aromatic rings. The fourth-order valence-electron chi connectivity index (χ4n) is 2.40. The van der Waals surface area contributed by atoms with Gasteiger partial charge in [-0.2, -0.15) is 0 Å². The summed E-state index contributed by atoms with van der Waals surface area (Å²) in [6.45, 7) is 1.39. The predicted octanol–water partition coefficient (Wildman–Crippen LogP) is 1.15. The minimum Gasteiger partial charge on any atom is -0.398 e. The number of fused-ring (bicyclic) bond motifs is 1. The first-order chi connectivity index (χ1) is 11.5. The summed E-state index contributed by atoms with van der Waals surface area (Å²) in [4.78, 5) is 41.2. The summed E-state index contributed by atoms with van der Waals surface area (Å²) in [7, 11) is 0. The van der Waals surface area contributed by atoms with E-state index < -0.39 is 42.4 Å². The molecule has 1 aromatic carbocycles. The Kier molecular flexibility index (Phi) is 2.16. The molecule has 1 aliphatic carbocycles. The number of carbonyl (C=O) groups excluding carboxylic acids is 2. The van der Waals surface area contributed by atoms with Crippen molar-refractivity contribution in [1.82, 2.24) is 9.55 Å². The molecule has 0 radical (unpaired) electrons. The molecule has 0 bridgehead atoms. The van der Waals surface area contributed by atoms with Crippen molar-refractivity contribution in [2.45, 2.75) is 32.2 Å². The molecular weight excluding hydrogens is 270 g/mol. The molecule has 21 heavy (non-hydrogen) atoms. The van der Waals surface area contributed by atoms with Crippen LogP contribution in [0.15, 0.2) is 23.0 Å². The topological polar surface area (TPSA) is 95.0 Å². The van der Waals surface area contributed by atoms with E-state index in [0.717, 1.165) is 4.57 Å². The van der Waals surface area contributed by atoms with E-state index in [1.54, 1.807) is 0 Å². The standard InChI is InChI=1S/C15H15N3O3/c1-8-17-11-4-2-3-10(16)14(11)15(21)18(8)12-6-5-9(19)7-13(12)20/h2-4,12H,5-7,16H2,1H3/i4D,5D2,12D. The number of hydrogen-bond donors (Lipinski definition) is 1. The van der Waals surface area contributed by atoms with Crippen LogP contribution in [-0.4, -0.2) is 21.1 Å². The first-order valence-corrected chi connectivity index (χ1v) is 6.34. The van der Waals surface area contributed by atoms with Gasteiger partial charge in [0.05, 0.1) is 26.1 Å². The Hall–Kier alpha value is -2.50. The van der Waals surface area contributed by atoms with Gasteiger partial charge in [0, 0.05) is 14.8 Å². The first-order valence-electron chi connectivity index (χ1n) is 8.34. The first kappa shape index (κ1) is 9.44. The third kappa shape index (κ3) is 2.12. The number of carbonyl (C=O) groups is 2. The Morgan fingerprint density at radius 3 is 3.05 bits per heavy atom. The third-order valence-electron chi connectivity index (χ3n) is 3.39. The zero-order valence-corrected chi connectivity index (χ0v) is 11.3. The number of aryl methyl sites for hydroxylation is 1. The van der Waals surface area contributed by atoms with E-state index >= 15 is 0 Å². The Labute approximate surface area is 126 Å². The highest BCUT2D eigenvalue weighted by atomic mass is 16.2. The largest absolute Gasteiger partial charge is 0.398 e. The van der Waals surface area contributed by atoms with Gasteiger partial charge in [-0.3, -0.25) is 19.0 Å². The normalized spacial score (nSPS) is 27.9. The molecule has 6 heteroatoms. The zero-order valence-electron chi connectivity index (χ0n) is 15.3. The number of ketones is 2. The highest BCUT2D eigenvalue weighted by molar-refractivity contribution is 6.03. The second kappa shape index (κ2) is 4.80. The van der Waals surface area contributed by atoms with Crippen LogP contribution >= 0.6 is 0 Å². The number of nitrogens with zero attached hydrogens (tertiary/aromatic N) is 2. The minimum absolute atomic E-state index is 0.0231. The van der Waals surface area contributed by atoms with Crippen molar-refractivity contribution in [2.75, 3.05) is 5.73 Å². The van der Waals surface area contributed by atoms with Crippen LogP contribution in [0, 0.1) is 6.92 Å². The number of aromatic nitrogens is 2. The summed E-state index contributed by atoms with van der Waals surface area (Å²) in [5.41, 5.74) is 5.10. The molecule has 2 N–H and O–H groups in total. The van der Waals surface area contributed by atoms with Crippen molar-refractivity contribution in [3.63, 3.8) is 0 Å². The fourth-order valence-corrected chi connectivity index (χ4v) is 2.40. The molecule has 6 nitrogen and oxygen atoms in total. The quantitative estimate of drug-likeness (QED) is 0.627. The lowest BCUT2D eigenvalue weighted by molar-refractivity contribution is -0.132. The Bertz CT molecular complexity index is 1000. The number of Topliss-reactive ketones (excluding diaryl/α,β-unsaturated/α-hetero) is 2. The maximum absolute atomic E-state index is 12.9. The number of hydrogen-bond acceptors (Lipinski definition) is 5. The number of nitrogen functional groups attached to an aromatic ring is 1. The molecule has 1 fully saturated rings. The van der Waals surface area contributed by atoms with Crippen molar-refractivity contribution in [2.24, 2.45) is 0 Å². The second-order valence-electron chi connectivity index (χ2n) is 4.78. The summed E-state index contributed by atoms with van der Waals surface area (Å²) in [5.74, 6) is -1.81. The van der Waals surface area contributed by atoms with E-state index in [4.69, 9.17) is 11.2 Å². The minimum atomic E-state index is -2.40. The summed E-state index contributed by atoms with van der Waals surface area (Å²) in [6, 6.07) is 0.406. The van der Waals surface area contributed by atoms with Gasteiger partial charge in [-0.1, -0.05) is 6.07 Å². The number of rotatable bonds is 1. The summed E-state index contributed by atoms with van der Waals surface area (Å²) < 4.78 is 32.6. The van der Waals surface area contributed by atoms with Gasteiger partial charge in [-0.25, -0.2) is 4.98 Å². The van der Waals surface area contributed by atoms with Gasteiger partial charge >= 0.3 is 0 Å². The lowest BCUT2D eigenvalue weighted by atomic mass is 9.92. The Balaban J connectivity index is 2.36. The number of benzene rings is 1. The number of nitrogens with two attached hydrogens (primary N) is 1. The maximum Gasteiger partial charge on any atom is 0.264 e. The van der Waals surface area contributed by atoms with Crippen LogP contribution in [0.1, 0.15) is 36.5 Å². The lowest BCUT2D eigenvalue weighted by Gasteiger charge is -2.24. The average molecular weight is 289 g/mol. The monoisotopic (exact) mass is 289 g/mol. The van der Waals surface area contributed by atoms with Gasteiger partial charge < -0.3 is 5.73 Å². The van der Waals surface area contributed by atoms with Crippen LogP contribution in [-0.2, 0) is 9.59 Å². The highest BCUT2D eigenvalue weighted by Gasteiger charge is 2.30. The molecule has 0 amide bonds. The van der Waals surface area contributed by atoms with E-state index in [9.17, 15) is 14.4 Å². The molecule has 1 unspecified atom stereocenters. The summed E-state index contributed by atoms with van der Waals surface area (Å²) in [5, 5.41) is -0.102. The molecule has 3 rings (SSSR count). The van der Waals surface area contributed by atoms with Gasteiger partial charge in [-0.05, 0) is 25.5 Å². The van der Waals surface area contributed by atoms with Crippen molar-refractivity contribution in [3.05, 3.63) is 34.4 Å².